The van der Waals surface area contributed by atoms with Crippen molar-refractivity contribution in [2.45, 2.75) is 103 Å². The third-order valence-electron chi connectivity index (χ3n) is 9.72. The van der Waals surface area contributed by atoms with Crippen molar-refractivity contribution < 1.29 is 14.3 Å². The molecule has 2 aliphatic heterocycles. The second kappa shape index (κ2) is 12.7. The lowest BCUT2D eigenvalue weighted by molar-refractivity contribution is -0.137. The average Bonchev–Trinajstić information content (AvgIpc) is 3.37. The Bertz CT molecular complexity index is 776. The standard InChI is InChI=1S/C29H48N4O3/c1-22(2)23-8-10-25(11-9-23)33-15-14-29(20-30,21-33)28(24-6-4-3-5-7-24)31-26(34)12-13-27(35)32-16-18-36-19-17-32/h22-25,28H,3-19,21H2,1-2H3,(H,31,34)/t23-,25-,28?,29-/m0/s1. The first-order valence-electron chi connectivity index (χ1n) is 14.7. The number of nitriles is 1. The van der Waals surface area contributed by atoms with Gasteiger partial charge in [-0.05, 0) is 62.7 Å². The van der Waals surface area contributed by atoms with Gasteiger partial charge >= 0.3 is 0 Å². The summed E-state index contributed by atoms with van der Waals surface area (Å²) in [5, 5.41) is 13.9. The van der Waals surface area contributed by atoms with Crippen molar-refractivity contribution in [3.63, 3.8) is 0 Å². The summed E-state index contributed by atoms with van der Waals surface area (Å²) in [5.74, 6) is 1.90. The quantitative estimate of drug-likeness (QED) is 0.542. The number of carbonyl (C=O) groups is 2. The lowest BCUT2D eigenvalue weighted by Crippen LogP contribution is -2.54. The van der Waals surface area contributed by atoms with Gasteiger partial charge in [0.2, 0.25) is 11.8 Å². The van der Waals surface area contributed by atoms with Crippen LogP contribution in [0.3, 0.4) is 0 Å². The molecular formula is C29H48N4O3. The van der Waals surface area contributed by atoms with Crippen LogP contribution in [0.25, 0.3) is 0 Å². The Balaban J connectivity index is 1.38. The molecule has 7 nitrogen and oxygen atoms in total. The van der Waals surface area contributed by atoms with Gasteiger partial charge in [-0.1, -0.05) is 33.1 Å². The number of morpholine rings is 1. The molecule has 36 heavy (non-hydrogen) atoms. The Labute approximate surface area is 218 Å². The van der Waals surface area contributed by atoms with Crippen molar-refractivity contribution in [1.29, 1.82) is 5.26 Å². The van der Waals surface area contributed by atoms with Crippen molar-refractivity contribution in [2.24, 2.45) is 23.2 Å². The van der Waals surface area contributed by atoms with Crippen LogP contribution in [0.15, 0.2) is 0 Å². The maximum absolute atomic E-state index is 13.2. The van der Waals surface area contributed by atoms with E-state index < -0.39 is 5.41 Å². The molecule has 4 rings (SSSR count). The zero-order valence-corrected chi connectivity index (χ0v) is 22.7. The first-order valence-corrected chi connectivity index (χ1v) is 14.7. The zero-order valence-electron chi connectivity index (χ0n) is 22.7. The second-order valence-electron chi connectivity index (χ2n) is 12.2. The molecule has 202 valence electrons. The van der Waals surface area contributed by atoms with Gasteiger partial charge in [0, 0.05) is 45.1 Å². The minimum absolute atomic E-state index is 0.0294. The normalized spacial score (nSPS) is 31.2. The molecular weight excluding hydrogens is 452 g/mol. The van der Waals surface area contributed by atoms with E-state index in [0.717, 1.165) is 44.2 Å². The Kier molecular flexibility index (Phi) is 9.69. The molecule has 0 spiro atoms. The first-order chi connectivity index (χ1) is 17.4. The number of nitrogens with zero attached hydrogens (tertiary/aromatic N) is 3. The summed E-state index contributed by atoms with van der Waals surface area (Å²) in [7, 11) is 0. The van der Waals surface area contributed by atoms with Crippen LogP contribution in [0.2, 0.25) is 0 Å². The lowest BCUT2D eigenvalue weighted by atomic mass is 9.70. The first kappa shape index (κ1) is 27.4. The summed E-state index contributed by atoms with van der Waals surface area (Å²) < 4.78 is 5.34. The van der Waals surface area contributed by atoms with Crippen molar-refractivity contribution in [3.05, 3.63) is 0 Å². The Morgan fingerprint density at radius 3 is 2.31 bits per heavy atom. The second-order valence-corrected chi connectivity index (χ2v) is 12.2. The number of carbonyl (C=O) groups excluding carboxylic acids is 2. The van der Waals surface area contributed by atoms with Crippen LogP contribution >= 0.6 is 0 Å². The van der Waals surface area contributed by atoms with E-state index in [1.165, 1.54) is 44.9 Å². The average molecular weight is 501 g/mol. The minimum atomic E-state index is -0.527. The Hall–Kier alpha value is -1.65. The highest BCUT2D eigenvalue weighted by Gasteiger charge is 2.50. The third-order valence-corrected chi connectivity index (χ3v) is 9.72. The molecule has 7 heteroatoms. The van der Waals surface area contributed by atoms with E-state index in [2.05, 4.69) is 30.1 Å². The van der Waals surface area contributed by atoms with Gasteiger partial charge in [-0.15, -0.1) is 0 Å². The third kappa shape index (κ3) is 6.61. The van der Waals surface area contributed by atoms with Gasteiger partial charge in [-0.3, -0.25) is 14.5 Å². The highest BCUT2D eigenvalue weighted by Crippen LogP contribution is 2.43. The number of hydrogen-bond donors (Lipinski definition) is 1. The predicted octanol–water partition coefficient (Wildman–Crippen LogP) is 4.12. The van der Waals surface area contributed by atoms with Crippen LogP contribution in [0.5, 0.6) is 0 Å². The maximum Gasteiger partial charge on any atom is 0.223 e. The molecule has 0 aromatic heterocycles. The van der Waals surface area contributed by atoms with Crippen LogP contribution in [0, 0.1) is 34.5 Å². The topological polar surface area (TPSA) is 85.7 Å². The summed E-state index contributed by atoms with van der Waals surface area (Å²) in [6.45, 7) is 8.77. The van der Waals surface area contributed by atoms with Gasteiger partial charge in [0.15, 0.2) is 0 Å². The maximum atomic E-state index is 13.2. The molecule has 2 saturated carbocycles. The molecule has 4 aliphatic rings. The van der Waals surface area contributed by atoms with E-state index in [0.29, 0.717) is 38.3 Å². The highest BCUT2D eigenvalue weighted by atomic mass is 16.5. The molecule has 0 bridgehead atoms. The van der Waals surface area contributed by atoms with Crippen LogP contribution in [0.1, 0.15) is 90.9 Å². The Morgan fingerprint density at radius 2 is 1.67 bits per heavy atom. The largest absolute Gasteiger partial charge is 0.378 e. The number of rotatable bonds is 8. The van der Waals surface area contributed by atoms with Gasteiger partial charge in [-0.25, -0.2) is 0 Å². The minimum Gasteiger partial charge on any atom is -0.378 e. The number of hydrogen-bond acceptors (Lipinski definition) is 5. The number of nitrogens with one attached hydrogen (secondary N) is 1. The van der Waals surface area contributed by atoms with E-state index in [-0.39, 0.29) is 30.7 Å². The number of amides is 2. The molecule has 2 amide bonds. The molecule has 0 radical (unpaired) electrons. The van der Waals surface area contributed by atoms with E-state index in [9.17, 15) is 14.9 Å². The van der Waals surface area contributed by atoms with Crippen molar-refractivity contribution in [3.8, 4) is 6.07 Å². The smallest absolute Gasteiger partial charge is 0.223 e. The van der Waals surface area contributed by atoms with Crippen LogP contribution in [0.4, 0.5) is 0 Å². The van der Waals surface area contributed by atoms with Crippen LogP contribution < -0.4 is 5.32 Å². The highest BCUT2D eigenvalue weighted by molar-refractivity contribution is 5.84. The zero-order chi connectivity index (χ0) is 25.5. The molecule has 2 aliphatic carbocycles. The summed E-state index contributed by atoms with van der Waals surface area (Å²) in [4.78, 5) is 30.1. The fraction of sp³-hybridized carbons (Fsp3) is 0.897. The SMILES string of the molecule is CC(C)[C@H]1CC[C@H](N2CC[C@@](C#N)(C(NC(=O)CCC(=O)N3CCOCC3)C3CCCCC3)C2)CC1. The Morgan fingerprint density at radius 1 is 0.972 bits per heavy atom. The predicted molar refractivity (Wildman–Crippen MR) is 140 cm³/mol. The summed E-state index contributed by atoms with van der Waals surface area (Å²) in [6.07, 6.45) is 12.1. The molecule has 0 aromatic rings. The van der Waals surface area contributed by atoms with Crippen LogP contribution in [-0.4, -0.2) is 73.1 Å². The van der Waals surface area contributed by atoms with E-state index >= 15 is 0 Å². The fourth-order valence-electron chi connectivity index (χ4n) is 7.33. The van der Waals surface area contributed by atoms with Crippen molar-refractivity contribution >= 4 is 11.8 Å². The van der Waals surface area contributed by atoms with Gasteiger partial charge < -0.3 is 15.0 Å². The molecule has 2 saturated heterocycles. The molecule has 2 atom stereocenters. The molecule has 0 aromatic carbocycles. The summed E-state index contributed by atoms with van der Waals surface area (Å²) in [5.41, 5.74) is -0.527. The van der Waals surface area contributed by atoms with E-state index in [1.807, 2.05) is 0 Å². The lowest BCUT2D eigenvalue weighted by Gasteiger charge is -2.41. The summed E-state index contributed by atoms with van der Waals surface area (Å²) >= 11 is 0. The number of likely N-dealkylation sites (tertiary alicyclic amines) is 1. The van der Waals surface area contributed by atoms with Crippen molar-refractivity contribution in [1.82, 2.24) is 15.1 Å². The van der Waals surface area contributed by atoms with E-state index in [4.69, 9.17) is 4.74 Å². The molecule has 4 fully saturated rings. The van der Waals surface area contributed by atoms with E-state index in [1.54, 1.807) is 4.90 Å². The molecule has 1 N–H and O–H groups in total. The van der Waals surface area contributed by atoms with Gasteiger partial charge in [0.25, 0.3) is 0 Å². The fourth-order valence-corrected chi connectivity index (χ4v) is 7.33. The monoisotopic (exact) mass is 500 g/mol. The van der Waals surface area contributed by atoms with Gasteiger partial charge in [-0.2, -0.15) is 5.26 Å². The van der Waals surface area contributed by atoms with Crippen LogP contribution in [-0.2, 0) is 14.3 Å². The number of ether oxygens (including phenoxy) is 1. The molecule has 2 heterocycles. The van der Waals surface area contributed by atoms with Gasteiger partial charge in [0.05, 0.1) is 30.7 Å². The van der Waals surface area contributed by atoms with Crippen molar-refractivity contribution in [2.75, 3.05) is 39.4 Å². The molecule has 1 unspecified atom stereocenters. The summed E-state index contributed by atoms with van der Waals surface area (Å²) in [6, 6.07) is 3.20. The van der Waals surface area contributed by atoms with Gasteiger partial charge in [0.1, 0.15) is 0 Å².